The Bertz CT molecular complexity index is 1180. The summed E-state index contributed by atoms with van der Waals surface area (Å²) in [6.07, 6.45) is 3.97. The van der Waals surface area contributed by atoms with Crippen LogP contribution in [0.1, 0.15) is 29.5 Å². The summed E-state index contributed by atoms with van der Waals surface area (Å²) in [7, 11) is -3.62. The zero-order chi connectivity index (χ0) is 22.4. The summed E-state index contributed by atoms with van der Waals surface area (Å²) in [6, 6.07) is 13.7. The highest BCUT2D eigenvalue weighted by Gasteiger charge is 2.14. The van der Waals surface area contributed by atoms with E-state index in [1.807, 2.05) is 12.1 Å². The van der Waals surface area contributed by atoms with Crippen molar-refractivity contribution < 1.29 is 17.7 Å². The minimum absolute atomic E-state index is 0.176. The summed E-state index contributed by atoms with van der Waals surface area (Å²) in [5.41, 5.74) is 2.84. The molecule has 31 heavy (non-hydrogen) atoms. The van der Waals surface area contributed by atoms with Crippen molar-refractivity contribution in [2.75, 3.05) is 11.9 Å². The van der Waals surface area contributed by atoms with E-state index in [0.29, 0.717) is 28.6 Å². The van der Waals surface area contributed by atoms with Gasteiger partial charge in [-0.25, -0.2) is 13.1 Å². The molecule has 9 heteroatoms. The predicted molar refractivity (Wildman–Crippen MR) is 121 cm³/mol. The lowest BCUT2D eigenvalue weighted by atomic mass is 10.2. The van der Waals surface area contributed by atoms with Gasteiger partial charge in [0.05, 0.1) is 4.90 Å². The maximum atomic E-state index is 12.5. The van der Waals surface area contributed by atoms with E-state index >= 15 is 0 Å². The quantitative estimate of drug-likeness (QED) is 0.523. The highest BCUT2D eigenvalue weighted by molar-refractivity contribution is 7.89. The maximum Gasteiger partial charge on any atom is 0.240 e. The van der Waals surface area contributed by atoms with E-state index in [4.69, 9.17) is 16.1 Å². The summed E-state index contributed by atoms with van der Waals surface area (Å²) >= 11 is 5.86. The second-order valence-corrected chi connectivity index (χ2v) is 9.07. The number of anilines is 1. The molecule has 0 bridgehead atoms. The standard InChI is InChI=1S/C22H22ClN3O4S/c1-15-22(25-16(2)27)21(30-26-15)12-7-17-5-10-20(11-6-17)31(28,29)24-14-13-18-3-8-19(23)9-4-18/h3-12,24H,13-14H2,1-2H3,(H,25,27). The number of rotatable bonds is 8. The number of benzene rings is 2. The summed E-state index contributed by atoms with van der Waals surface area (Å²) in [4.78, 5) is 11.5. The summed E-state index contributed by atoms with van der Waals surface area (Å²) in [5, 5.41) is 7.17. The molecular weight excluding hydrogens is 438 g/mol. The van der Waals surface area contributed by atoms with E-state index in [-0.39, 0.29) is 17.3 Å². The third-order valence-electron chi connectivity index (χ3n) is 4.43. The lowest BCUT2D eigenvalue weighted by molar-refractivity contribution is -0.114. The maximum absolute atomic E-state index is 12.5. The molecule has 1 heterocycles. The molecule has 2 aromatic carbocycles. The SMILES string of the molecule is CC(=O)Nc1c(C)noc1C=Cc1ccc(S(=O)(=O)NCCc2ccc(Cl)cc2)cc1. The Hall–Kier alpha value is -2.94. The predicted octanol–water partition coefficient (Wildman–Crippen LogP) is 4.29. The molecule has 0 radical (unpaired) electrons. The van der Waals surface area contributed by atoms with E-state index < -0.39 is 10.0 Å². The van der Waals surface area contributed by atoms with Crippen LogP contribution in [0.5, 0.6) is 0 Å². The van der Waals surface area contributed by atoms with Crippen LogP contribution in [0.25, 0.3) is 12.2 Å². The van der Waals surface area contributed by atoms with Gasteiger partial charge in [0.2, 0.25) is 15.9 Å². The summed E-state index contributed by atoms with van der Waals surface area (Å²) < 4.78 is 32.8. The molecule has 3 rings (SSSR count). The molecule has 0 spiro atoms. The fourth-order valence-electron chi connectivity index (χ4n) is 2.82. The number of nitrogens with zero attached hydrogens (tertiary/aromatic N) is 1. The number of hydrogen-bond acceptors (Lipinski definition) is 5. The van der Waals surface area contributed by atoms with E-state index in [1.54, 1.807) is 43.3 Å². The lowest BCUT2D eigenvalue weighted by Gasteiger charge is -2.07. The first-order chi connectivity index (χ1) is 14.7. The van der Waals surface area contributed by atoms with Crippen LogP contribution >= 0.6 is 11.6 Å². The van der Waals surface area contributed by atoms with Gasteiger partial charge in [0.1, 0.15) is 11.4 Å². The molecule has 162 valence electrons. The fourth-order valence-corrected chi connectivity index (χ4v) is 3.98. The number of aromatic nitrogens is 1. The smallest absolute Gasteiger partial charge is 0.240 e. The van der Waals surface area contributed by atoms with Crippen LogP contribution in [-0.4, -0.2) is 26.0 Å². The summed E-state index contributed by atoms with van der Waals surface area (Å²) in [5.74, 6) is 0.187. The first kappa shape index (κ1) is 22.7. The number of carbonyl (C=O) groups excluding carboxylic acids is 1. The van der Waals surface area contributed by atoms with Crippen molar-refractivity contribution in [3.8, 4) is 0 Å². The zero-order valence-corrected chi connectivity index (χ0v) is 18.6. The Morgan fingerprint density at radius 3 is 2.42 bits per heavy atom. The number of aryl methyl sites for hydroxylation is 1. The number of sulfonamides is 1. The normalized spacial score (nSPS) is 11.7. The molecule has 1 amide bonds. The van der Waals surface area contributed by atoms with Gasteiger partial charge in [-0.05, 0) is 54.8 Å². The monoisotopic (exact) mass is 459 g/mol. The van der Waals surface area contributed by atoms with E-state index in [0.717, 1.165) is 11.1 Å². The van der Waals surface area contributed by atoms with Crippen molar-refractivity contribution in [1.82, 2.24) is 9.88 Å². The molecule has 0 unspecified atom stereocenters. The van der Waals surface area contributed by atoms with E-state index in [9.17, 15) is 13.2 Å². The minimum atomic E-state index is -3.62. The molecule has 1 aromatic heterocycles. The van der Waals surface area contributed by atoms with Crippen LogP contribution in [0.3, 0.4) is 0 Å². The highest BCUT2D eigenvalue weighted by Crippen LogP contribution is 2.22. The van der Waals surface area contributed by atoms with Crippen molar-refractivity contribution in [2.24, 2.45) is 0 Å². The van der Waals surface area contributed by atoms with Crippen LogP contribution in [0.4, 0.5) is 5.69 Å². The van der Waals surface area contributed by atoms with Gasteiger partial charge in [-0.15, -0.1) is 0 Å². The molecule has 0 fully saturated rings. The van der Waals surface area contributed by atoms with Gasteiger partial charge in [-0.2, -0.15) is 0 Å². The Morgan fingerprint density at radius 1 is 1.10 bits per heavy atom. The fraction of sp³-hybridized carbons (Fsp3) is 0.182. The molecule has 3 aromatic rings. The highest BCUT2D eigenvalue weighted by atomic mass is 35.5. The molecule has 0 aliphatic heterocycles. The van der Waals surface area contributed by atoms with Crippen molar-refractivity contribution in [1.29, 1.82) is 0 Å². The number of amides is 1. The van der Waals surface area contributed by atoms with Crippen molar-refractivity contribution >= 4 is 45.4 Å². The molecule has 7 nitrogen and oxygen atoms in total. The minimum Gasteiger partial charge on any atom is -0.354 e. The molecule has 0 aliphatic carbocycles. The summed E-state index contributed by atoms with van der Waals surface area (Å²) in [6.45, 7) is 3.41. The van der Waals surface area contributed by atoms with E-state index in [2.05, 4.69) is 15.2 Å². The average molecular weight is 460 g/mol. The molecule has 0 atom stereocenters. The van der Waals surface area contributed by atoms with Gasteiger partial charge in [0.15, 0.2) is 5.76 Å². The number of halogens is 1. The zero-order valence-electron chi connectivity index (χ0n) is 17.1. The first-order valence-corrected chi connectivity index (χ1v) is 11.4. The third kappa shape index (κ3) is 6.27. The van der Waals surface area contributed by atoms with Gasteiger partial charge in [0, 0.05) is 18.5 Å². The number of carbonyl (C=O) groups is 1. The van der Waals surface area contributed by atoms with Gasteiger partial charge in [-0.3, -0.25) is 4.79 Å². The van der Waals surface area contributed by atoms with Gasteiger partial charge >= 0.3 is 0 Å². The van der Waals surface area contributed by atoms with Crippen LogP contribution in [0.15, 0.2) is 57.9 Å². The second kappa shape index (κ2) is 9.91. The Morgan fingerprint density at radius 2 is 1.77 bits per heavy atom. The Kier molecular flexibility index (Phi) is 7.27. The third-order valence-corrected chi connectivity index (χ3v) is 6.16. The lowest BCUT2D eigenvalue weighted by Crippen LogP contribution is -2.25. The van der Waals surface area contributed by atoms with Gasteiger partial charge < -0.3 is 9.84 Å². The first-order valence-electron chi connectivity index (χ1n) is 9.51. The Labute approximate surface area is 186 Å². The van der Waals surface area contributed by atoms with Crippen LogP contribution < -0.4 is 10.0 Å². The van der Waals surface area contributed by atoms with Crippen LogP contribution in [0, 0.1) is 6.92 Å². The van der Waals surface area contributed by atoms with Crippen molar-refractivity contribution in [2.45, 2.75) is 25.2 Å². The van der Waals surface area contributed by atoms with Gasteiger partial charge in [-0.1, -0.05) is 47.1 Å². The number of nitrogens with one attached hydrogen (secondary N) is 2. The molecular formula is C22H22ClN3O4S. The topological polar surface area (TPSA) is 101 Å². The average Bonchev–Trinajstić information content (AvgIpc) is 3.07. The van der Waals surface area contributed by atoms with Crippen molar-refractivity contribution in [3.05, 3.63) is 76.1 Å². The second-order valence-electron chi connectivity index (χ2n) is 6.87. The van der Waals surface area contributed by atoms with Crippen LogP contribution in [-0.2, 0) is 21.2 Å². The molecule has 0 saturated carbocycles. The van der Waals surface area contributed by atoms with Gasteiger partial charge in [0.25, 0.3) is 0 Å². The molecule has 2 N–H and O–H groups in total. The molecule has 0 aliphatic rings. The largest absolute Gasteiger partial charge is 0.354 e. The van der Waals surface area contributed by atoms with Crippen molar-refractivity contribution in [3.63, 3.8) is 0 Å². The van der Waals surface area contributed by atoms with E-state index in [1.165, 1.54) is 19.1 Å². The molecule has 0 saturated heterocycles. The number of hydrogen-bond donors (Lipinski definition) is 2. The van der Waals surface area contributed by atoms with Crippen LogP contribution in [0.2, 0.25) is 5.02 Å². The Balaban J connectivity index is 1.63.